The molecule has 0 unspecified atom stereocenters. The summed E-state index contributed by atoms with van der Waals surface area (Å²) in [4.78, 5) is 4.90. The summed E-state index contributed by atoms with van der Waals surface area (Å²) in [7, 11) is 3.35. The van der Waals surface area contributed by atoms with Crippen molar-refractivity contribution in [3.05, 3.63) is 23.3 Å². The van der Waals surface area contributed by atoms with Gasteiger partial charge >= 0.3 is 0 Å². The van der Waals surface area contributed by atoms with E-state index in [1.165, 1.54) is 16.8 Å². The number of fused-ring (bicyclic) bond motifs is 1. The zero-order valence-electron chi connectivity index (χ0n) is 12.5. The van der Waals surface area contributed by atoms with Crippen molar-refractivity contribution in [2.24, 2.45) is 4.99 Å². The predicted octanol–water partition coefficient (Wildman–Crippen LogP) is 3.63. The van der Waals surface area contributed by atoms with Gasteiger partial charge in [0.1, 0.15) is 0 Å². The van der Waals surface area contributed by atoms with Gasteiger partial charge in [0.2, 0.25) is 0 Å². The first-order valence-electron chi connectivity index (χ1n) is 6.84. The van der Waals surface area contributed by atoms with Gasteiger partial charge in [0.15, 0.2) is 11.5 Å². The fraction of sp³-hybridized carbons (Fsp3) is 0.562. The predicted molar refractivity (Wildman–Crippen MR) is 78.8 cm³/mol. The van der Waals surface area contributed by atoms with Crippen molar-refractivity contribution >= 4 is 5.71 Å². The molecule has 3 heteroatoms. The van der Waals surface area contributed by atoms with Gasteiger partial charge in [-0.2, -0.15) is 0 Å². The molecule has 104 valence electrons. The van der Waals surface area contributed by atoms with E-state index >= 15 is 0 Å². The Morgan fingerprint density at radius 2 is 1.79 bits per heavy atom. The Morgan fingerprint density at radius 1 is 1.16 bits per heavy atom. The van der Waals surface area contributed by atoms with Crippen molar-refractivity contribution in [1.82, 2.24) is 0 Å². The van der Waals surface area contributed by atoms with E-state index < -0.39 is 0 Å². The number of aliphatic imine (C=N–C) groups is 1. The fourth-order valence-electron chi connectivity index (χ4n) is 2.69. The van der Waals surface area contributed by atoms with E-state index in [9.17, 15) is 0 Å². The molecule has 0 radical (unpaired) electrons. The number of ether oxygens (including phenoxy) is 2. The molecule has 0 amide bonds. The second-order valence-corrected chi connectivity index (χ2v) is 5.66. The Kier molecular flexibility index (Phi) is 3.83. The second kappa shape index (κ2) is 5.24. The monoisotopic (exact) mass is 261 g/mol. The van der Waals surface area contributed by atoms with Crippen LogP contribution in [0.25, 0.3) is 0 Å². The third-order valence-electron chi connectivity index (χ3n) is 3.47. The van der Waals surface area contributed by atoms with Crippen LogP contribution in [0.15, 0.2) is 17.1 Å². The smallest absolute Gasteiger partial charge is 0.161 e. The van der Waals surface area contributed by atoms with Gasteiger partial charge in [0.25, 0.3) is 0 Å². The fourth-order valence-corrected chi connectivity index (χ4v) is 2.69. The molecule has 1 aromatic carbocycles. The van der Waals surface area contributed by atoms with Gasteiger partial charge in [0.05, 0.1) is 19.8 Å². The Labute approximate surface area is 115 Å². The average molecular weight is 261 g/mol. The van der Waals surface area contributed by atoms with Gasteiger partial charge < -0.3 is 9.47 Å². The van der Waals surface area contributed by atoms with E-state index in [-0.39, 0.29) is 5.54 Å². The minimum atomic E-state index is -0.0307. The standard InChI is InChI=1S/C16H23NO2/c1-6-7-13-12-9-15(19-5)14(18-4)8-11(12)10-16(2,3)17-13/h8-9H,6-7,10H2,1-5H3. The lowest BCUT2D eigenvalue weighted by atomic mass is 9.85. The molecule has 1 aliphatic rings. The number of hydrogen-bond donors (Lipinski definition) is 0. The maximum atomic E-state index is 5.40. The van der Waals surface area contributed by atoms with Crippen LogP contribution in [0.2, 0.25) is 0 Å². The van der Waals surface area contributed by atoms with Crippen molar-refractivity contribution in [1.29, 1.82) is 0 Å². The molecule has 0 spiro atoms. The summed E-state index contributed by atoms with van der Waals surface area (Å²) in [6, 6.07) is 4.16. The van der Waals surface area contributed by atoms with Crippen molar-refractivity contribution < 1.29 is 9.47 Å². The third-order valence-corrected chi connectivity index (χ3v) is 3.47. The van der Waals surface area contributed by atoms with Crippen LogP contribution < -0.4 is 9.47 Å². The average Bonchev–Trinajstić information content (AvgIpc) is 2.36. The van der Waals surface area contributed by atoms with E-state index in [0.29, 0.717) is 0 Å². The first-order valence-corrected chi connectivity index (χ1v) is 6.84. The molecule has 3 nitrogen and oxygen atoms in total. The normalized spacial score (nSPS) is 16.6. The van der Waals surface area contributed by atoms with E-state index in [4.69, 9.17) is 14.5 Å². The second-order valence-electron chi connectivity index (χ2n) is 5.66. The van der Waals surface area contributed by atoms with Crippen LogP contribution in [0.3, 0.4) is 0 Å². The molecule has 0 N–H and O–H groups in total. The van der Waals surface area contributed by atoms with Crippen molar-refractivity contribution in [3.8, 4) is 11.5 Å². The molecule has 2 rings (SSSR count). The molecule has 0 saturated heterocycles. The van der Waals surface area contributed by atoms with Gasteiger partial charge in [-0.15, -0.1) is 0 Å². The molecule has 1 aliphatic heterocycles. The Balaban J connectivity index is 2.55. The summed E-state index contributed by atoms with van der Waals surface area (Å²) in [6.45, 7) is 6.55. The SMILES string of the molecule is CCCC1=NC(C)(C)Cc2cc(OC)c(OC)cc21. The summed E-state index contributed by atoms with van der Waals surface area (Å²) >= 11 is 0. The van der Waals surface area contributed by atoms with Crippen molar-refractivity contribution in [3.63, 3.8) is 0 Å². The largest absolute Gasteiger partial charge is 0.493 e. The summed E-state index contributed by atoms with van der Waals surface area (Å²) in [5.74, 6) is 1.58. The molecule has 0 aliphatic carbocycles. The maximum Gasteiger partial charge on any atom is 0.161 e. The zero-order valence-corrected chi connectivity index (χ0v) is 12.5. The minimum absolute atomic E-state index is 0.0307. The lowest BCUT2D eigenvalue weighted by Gasteiger charge is -2.30. The third kappa shape index (κ3) is 2.75. The molecule has 0 fully saturated rings. The van der Waals surface area contributed by atoms with Crippen LogP contribution in [0.5, 0.6) is 11.5 Å². The Morgan fingerprint density at radius 3 is 2.37 bits per heavy atom. The summed E-state index contributed by atoms with van der Waals surface area (Å²) in [5.41, 5.74) is 3.69. The topological polar surface area (TPSA) is 30.8 Å². The molecule has 1 aromatic rings. The molecular weight excluding hydrogens is 238 g/mol. The van der Waals surface area contributed by atoms with Gasteiger partial charge in [-0.25, -0.2) is 0 Å². The van der Waals surface area contributed by atoms with Crippen LogP contribution in [0, 0.1) is 0 Å². The van der Waals surface area contributed by atoms with E-state index in [1.807, 2.05) is 0 Å². The summed E-state index contributed by atoms with van der Waals surface area (Å²) in [6.07, 6.45) is 3.05. The summed E-state index contributed by atoms with van der Waals surface area (Å²) in [5, 5.41) is 0. The van der Waals surface area contributed by atoms with Gasteiger partial charge in [-0.3, -0.25) is 4.99 Å². The molecule has 0 bridgehead atoms. The van der Waals surface area contributed by atoms with E-state index in [0.717, 1.165) is 30.8 Å². The first-order chi connectivity index (χ1) is 9.00. The molecule has 0 saturated carbocycles. The molecule has 19 heavy (non-hydrogen) atoms. The highest BCUT2D eigenvalue weighted by atomic mass is 16.5. The van der Waals surface area contributed by atoms with Crippen molar-refractivity contribution in [2.45, 2.75) is 45.6 Å². The van der Waals surface area contributed by atoms with Crippen LogP contribution in [-0.2, 0) is 6.42 Å². The number of hydrogen-bond acceptors (Lipinski definition) is 3. The number of benzene rings is 1. The lowest BCUT2D eigenvalue weighted by Crippen LogP contribution is -2.29. The maximum absolute atomic E-state index is 5.40. The van der Waals surface area contributed by atoms with Gasteiger partial charge in [-0.1, -0.05) is 13.3 Å². The van der Waals surface area contributed by atoms with Gasteiger partial charge in [-0.05, 0) is 44.4 Å². The molecule has 0 aromatic heterocycles. The highest BCUT2D eigenvalue weighted by Gasteiger charge is 2.27. The highest BCUT2D eigenvalue weighted by Crippen LogP contribution is 2.36. The van der Waals surface area contributed by atoms with Crippen LogP contribution in [-0.4, -0.2) is 25.5 Å². The van der Waals surface area contributed by atoms with Crippen molar-refractivity contribution in [2.75, 3.05) is 14.2 Å². The molecule has 1 heterocycles. The Bertz CT molecular complexity index is 504. The first kappa shape index (κ1) is 13.9. The quantitative estimate of drug-likeness (QED) is 0.828. The number of nitrogens with zero attached hydrogens (tertiary/aromatic N) is 1. The Hall–Kier alpha value is -1.51. The number of rotatable bonds is 4. The summed E-state index contributed by atoms with van der Waals surface area (Å²) < 4.78 is 10.8. The van der Waals surface area contributed by atoms with Crippen LogP contribution in [0.1, 0.15) is 44.7 Å². The minimum Gasteiger partial charge on any atom is -0.493 e. The van der Waals surface area contributed by atoms with Crippen LogP contribution in [0.4, 0.5) is 0 Å². The molecule has 0 atom stereocenters. The highest BCUT2D eigenvalue weighted by molar-refractivity contribution is 6.03. The lowest BCUT2D eigenvalue weighted by molar-refractivity contribution is 0.353. The van der Waals surface area contributed by atoms with Crippen LogP contribution >= 0.6 is 0 Å². The zero-order chi connectivity index (χ0) is 14.0. The van der Waals surface area contributed by atoms with E-state index in [2.05, 4.69) is 32.9 Å². The van der Waals surface area contributed by atoms with Gasteiger partial charge in [0, 0.05) is 11.3 Å². The van der Waals surface area contributed by atoms with E-state index in [1.54, 1.807) is 14.2 Å². The molecular formula is C16H23NO2. The number of methoxy groups -OCH3 is 2.